The lowest BCUT2D eigenvalue weighted by molar-refractivity contribution is -0.131. The third-order valence-electron chi connectivity index (χ3n) is 4.58. The van der Waals surface area contributed by atoms with Crippen LogP contribution in [-0.4, -0.2) is 25.6 Å². The van der Waals surface area contributed by atoms with E-state index in [1.54, 1.807) is 12.4 Å². The first-order valence-electron chi connectivity index (χ1n) is 8.90. The molecule has 4 aromatic rings. The van der Waals surface area contributed by atoms with Gasteiger partial charge >= 0.3 is 5.97 Å². The highest BCUT2D eigenvalue weighted by Crippen LogP contribution is 2.19. The normalized spacial score (nSPS) is 11.6. The maximum Gasteiger partial charge on any atom is 0.329 e. The number of benzene rings is 1. The third kappa shape index (κ3) is 3.87. The molecule has 0 unspecified atom stereocenters. The van der Waals surface area contributed by atoms with Crippen LogP contribution in [0.5, 0.6) is 0 Å². The van der Waals surface area contributed by atoms with Crippen LogP contribution in [0.2, 0.25) is 0 Å². The van der Waals surface area contributed by atoms with Gasteiger partial charge in [-0.05, 0) is 67.3 Å². The molecule has 3 heterocycles. The maximum atomic E-state index is 10.7. The van der Waals surface area contributed by atoms with Crippen LogP contribution in [0.25, 0.3) is 28.1 Å². The molecule has 3 aromatic heterocycles. The Hall–Kier alpha value is -3.47. The fourth-order valence-electron chi connectivity index (χ4n) is 3.25. The minimum Gasteiger partial charge on any atom is -0.478 e. The molecular weight excluding hydrogens is 338 g/mol. The molecule has 27 heavy (non-hydrogen) atoms. The van der Waals surface area contributed by atoms with E-state index in [1.165, 1.54) is 5.56 Å². The number of pyridine rings is 2. The van der Waals surface area contributed by atoms with E-state index in [0.717, 1.165) is 53.0 Å². The number of aryl methyl sites for hydroxylation is 2. The molecule has 0 atom stereocenters. The molecule has 0 radical (unpaired) electrons. The molecule has 0 aliphatic heterocycles. The van der Waals surface area contributed by atoms with Crippen molar-refractivity contribution >= 4 is 34.1 Å². The summed E-state index contributed by atoms with van der Waals surface area (Å²) in [6.45, 7) is 0. The Balaban J connectivity index is 1.43. The highest BCUT2D eigenvalue weighted by molar-refractivity contribution is 5.87. The van der Waals surface area contributed by atoms with Gasteiger partial charge in [0.2, 0.25) is 0 Å². The summed E-state index contributed by atoms with van der Waals surface area (Å²) in [5.41, 5.74) is 4.12. The Morgan fingerprint density at radius 2 is 2.00 bits per heavy atom. The number of hydrogen-bond donors (Lipinski definition) is 1. The summed E-state index contributed by atoms with van der Waals surface area (Å²) in [5.74, 6) is -0.953. The highest BCUT2D eigenvalue weighted by atomic mass is 16.4. The zero-order valence-electron chi connectivity index (χ0n) is 14.7. The number of aromatic nitrogens is 3. The molecule has 0 fully saturated rings. The van der Waals surface area contributed by atoms with Crippen molar-refractivity contribution in [2.75, 3.05) is 0 Å². The van der Waals surface area contributed by atoms with Gasteiger partial charge in [0.15, 0.2) is 5.65 Å². The van der Waals surface area contributed by atoms with E-state index in [1.807, 2.05) is 35.0 Å². The van der Waals surface area contributed by atoms with Crippen LogP contribution in [-0.2, 0) is 17.6 Å². The second-order valence-electron chi connectivity index (χ2n) is 6.48. The van der Waals surface area contributed by atoms with E-state index < -0.39 is 5.97 Å². The highest BCUT2D eigenvalue weighted by Gasteiger charge is 2.03. The molecular formula is C22H19N3O2. The number of nitrogens with zero attached hydrogens (tertiary/aromatic N) is 3. The van der Waals surface area contributed by atoms with Crippen molar-refractivity contribution in [1.29, 1.82) is 0 Å². The number of carboxylic acids is 1. The molecule has 5 nitrogen and oxygen atoms in total. The van der Waals surface area contributed by atoms with Crippen LogP contribution in [0.15, 0.2) is 67.0 Å². The van der Waals surface area contributed by atoms with Crippen molar-refractivity contribution in [1.82, 2.24) is 14.5 Å². The number of carbonyl (C=O) groups is 1. The zero-order valence-corrected chi connectivity index (χ0v) is 14.7. The second-order valence-corrected chi connectivity index (χ2v) is 6.48. The largest absolute Gasteiger partial charge is 0.478 e. The second kappa shape index (κ2) is 7.41. The molecule has 134 valence electrons. The first kappa shape index (κ1) is 17.0. The minimum atomic E-state index is -0.953. The van der Waals surface area contributed by atoms with Crippen LogP contribution in [0.1, 0.15) is 17.7 Å². The summed E-state index contributed by atoms with van der Waals surface area (Å²) in [6, 6.07) is 16.4. The fourth-order valence-corrected chi connectivity index (χ4v) is 3.25. The Morgan fingerprint density at radius 1 is 1.07 bits per heavy atom. The SMILES string of the molecule is O=C(O)/C=C/n1ccc2cc(CCCc3ccc4cccnc4n3)ccc21. The summed E-state index contributed by atoms with van der Waals surface area (Å²) in [5, 5.41) is 10.9. The van der Waals surface area contributed by atoms with Crippen molar-refractivity contribution in [3.05, 3.63) is 78.3 Å². The summed E-state index contributed by atoms with van der Waals surface area (Å²) in [6.07, 6.45) is 9.23. The number of fused-ring (bicyclic) bond motifs is 2. The molecule has 4 rings (SSSR count). The predicted molar refractivity (Wildman–Crippen MR) is 106 cm³/mol. The number of rotatable bonds is 6. The minimum absolute atomic E-state index is 0.798. The van der Waals surface area contributed by atoms with Crippen molar-refractivity contribution in [2.24, 2.45) is 0 Å². The molecule has 1 N–H and O–H groups in total. The zero-order chi connectivity index (χ0) is 18.6. The summed E-state index contributed by atoms with van der Waals surface area (Å²) < 4.78 is 1.82. The molecule has 0 saturated heterocycles. The Bertz CT molecular complexity index is 1140. The van der Waals surface area contributed by atoms with E-state index in [4.69, 9.17) is 5.11 Å². The Labute approximate surface area is 156 Å². The van der Waals surface area contributed by atoms with Gasteiger partial charge in [-0.15, -0.1) is 0 Å². The third-order valence-corrected chi connectivity index (χ3v) is 4.58. The lowest BCUT2D eigenvalue weighted by Crippen LogP contribution is -1.95. The average Bonchev–Trinajstić information content (AvgIpc) is 3.08. The van der Waals surface area contributed by atoms with Gasteiger partial charge in [0.05, 0.1) is 5.52 Å². The van der Waals surface area contributed by atoms with E-state index in [-0.39, 0.29) is 0 Å². The molecule has 0 saturated carbocycles. The first-order chi connectivity index (χ1) is 13.2. The van der Waals surface area contributed by atoms with Crippen LogP contribution >= 0.6 is 0 Å². The topological polar surface area (TPSA) is 68.0 Å². The van der Waals surface area contributed by atoms with Crippen LogP contribution in [0.3, 0.4) is 0 Å². The first-order valence-corrected chi connectivity index (χ1v) is 8.90. The maximum absolute atomic E-state index is 10.7. The van der Waals surface area contributed by atoms with Gasteiger partial charge < -0.3 is 9.67 Å². The van der Waals surface area contributed by atoms with Gasteiger partial charge in [0.25, 0.3) is 0 Å². The molecule has 0 spiro atoms. The average molecular weight is 357 g/mol. The van der Waals surface area contributed by atoms with Crippen molar-refractivity contribution < 1.29 is 9.90 Å². The molecule has 0 amide bonds. The molecule has 0 aliphatic carbocycles. The number of hydrogen-bond acceptors (Lipinski definition) is 3. The Morgan fingerprint density at radius 3 is 2.89 bits per heavy atom. The number of carboxylic acid groups (broad SMARTS) is 1. The van der Waals surface area contributed by atoms with E-state index in [2.05, 4.69) is 34.2 Å². The van der Waals surface area contributed by atoms with Crippen molar-refractivity contribution in [3.63, 3.8) is 0 Å². The standard InChI is InChI=1S/C22H19N3O2/c26-21(27)11-14-25-13-10-18-15-16(6-9-20(18)25)3-1-5-19-8-7-17-4-2-12-23-22(17)24-19/h2,4,6-15H,1,3,5H2,(H,26,27)/b14-11+. The monoisotopic (exact) mass is 357 g/mol. The molecule has 1 aromatic carbocycles. The summed E-state index contributed by atoms with van der Waals surface area (Å²) in [7, 11) is 0. The van der Waals surface area contributed by atoms with Crippen LogP contribution < -0.4 is 0 Å². The predicted octanol–water partition coefficient (Wildman–Crippen LogP) is 4.32. The van der Waals surface area contributed by atoms with Gasteiger partial charge in [-0.3, -0.25) is 0 Å². The summed E-state index contributed by atoms with van der Waals surface area (Å²) >= 11 is 0. The molecule has 5 heteroatoms. The Kier molecular flexibility index (Phi) is 4.66. The van der Waals surface area contributed by atoms with E-state index >= 15 is 0 Å². The summed E-state index contributed by atoms with van der Waals surface area (Å²) in [4.78, 5) is 19.6. The lowest BCUT2D eigenvalue weighted by Gasteiger charge is -2.04. The van der Waals surface area contributed by atoms with Gasteiger partial charge in [0, 0.05) is 41.1 Å². The van der Waals surface area contributed by atoms with Gasteiger partial charge in [0.1, 0.15) is 0 Å². The van der Waals surface area contributed by atoms with Gasteiger partial charge in [-0.2, -0.15) is 0 Å². The lowest BCUT2D eigenvalue weighted by atomic mass is 10.0. The quantitative estimate of drug-likeness (QED) is 0.522. The smallest absolute Gasteiger partial charge is 0.329 e. The van der Waals surface area contributed by atoms with E-state index in [9.17, 15) is 4.79 Å². The van der Waals surface area contributed by atoms with Gasteiger partial charge in [-0.25, -0.2) is 14.8 Å². The van der Waals surface area contributed by atoms with Crippen molar-refractivity contribution in [2.45, 2.75) is 19.3 Å². The molecule has 0 bridgehead atoms. The van der Waals surface area contributed by atoms with Crippen LogP contribution in [0.4, 0.5) is 0 Å². The van der Waals surface area contributed by atoms with Crippen LogP contribution in [0, 0.1) is 0 Å². The van der Waals surface area contributed by atoms with Gasteiger partial charge in [-0.1, -0.05) is 6.07 Å². The molecule has 0 aliphatic rings. The fraction of sp³-hybridized carbons (Fsp3) is 0.136. The van der Waals surface area contributed by atoms with E-state index in [0.29, 0.717) is 0 Å². The van der Waals surface area contributed by atoms with Crippen molar-refractivity contribution in [3.8, 4) is 0 Å². The number of aliphatic carboxylic acids is 1.